The van der Waals surface area contributed by atoms with Crippen LogP contribution < -0.4 is 10.1 Å². The monoisotopic (exact) mass is 237 g/mol. The molecule has 0 amide bonds. The lowest BCUT2D eigenvalue weighted by atomic mass is 9.81. The van der Waals surface area contributed by atoms with Crippen LogP contribution in [0.5, 0.6) is 5.88 Å². The van der Waals surface area contributed by atoms with Crippen molar-refractivity contribution in [3.63, 3.8) is 0 Å². The molecule has 0 atom stereocenters. The second-order valence-electron chi connectivity index (χ2n) is 5.15. The highest BCUT2D eigenvalue weighted by Crippen LogP contribution is 2.25. The maximum atomic E-state index is 5.33. The zero-order valence-electron chi connectivity index (χ0n) is 11.4. The van der Waals surface area contributed by atoms with Crippen LogP contribution in [0.3, 0.4) is 0 Å². The molecule has 1 aromatic heterocycles. The Kier molecular flexibility index (Phi) is 4.73. The van der Waals surface area contributed by atoms with Crippen LogP contribution in [0.25, 0.3) is 0 Å². The van der Waals surface area contributed by atoms with Gasteiger partial charge in [0.1, 0.15) is 0 Å². The minimum atomic E-state index is 0.213. The molecule has 0 saturated carbocycles. The summed E-state index contributed by atoms with van der Waals surface area (Å²) in [6.45, 7) is 12.3. The van der Waals surface area contributed by atoms with E-state index in [0.717, 1.165) is 6.54 Å². The van der Waals surface area contributed by atoms with Gasteiger partial charge in [0.05, 0.1) is 6.61 Å². The first kappa shape index (κ1) is 13.7. The summed E-state index contributed by atoms with van der Waals surface area (Å²) in [7, 11) is 0. The molecule has 1 heterocycles. The van der Waals surface area contributed by atoms with E-state index < -0.39 is 0 Å². The van der Waals surface area contributed by atoms with Crippen LogP contribution in [-0.2, 0) is 0 Å². The summed E-state index contributed by atoms with van der Waals surface area (Å²) in [5, 5.41) is 3.26. The van der Waals surface area contributed by atoms with E-state index in [1.54, 1.807) is 12.3 Å². The number of hydrogen-bond acceptors (Lipinski definition) is 4. The van der Waals surface area contributed by atoms with Gasteiger partial charge in [-0.3, -0.25) is 0 Å². The normalized spacial score (nSPS) is 11.6. The summed E-state index contributed by atoms with van der Waals surface area (Å²) in [5.74, 6) is 1.85. The lowest BCUT2D eigenvalue weighted by molar-refractivity contribution is 0.269. The molecule has 0 bridgehead atoms. The van der Waals surface area contributed by atoms with Gasteiger partial charge in [0, 0.05) is 18.8 Å². The third kappa shape index (κ3) is 4.21. The van der Waals surface area contributed by atoms with Crippen LogP contribution in [0.15, 0.2) is 12.3 Å². The predicted octanol–water partition coefficient (Wildman–Crippen LogP) is 2.97. The van der Waals surface area contributed by atoms with Gasteiger partial charge < -0.3 is 10.1 Å². The third-order valence-corrected chi connectivity index (χ3v) is 3.19. The molecule has 4 heteroatoms. The molecule has 1 aromatic rings. The minimum absolute atomic E-state index is 0.213. The summed E-state index contributed by atoms with van der Waals surface area (Å²) >= 11 is 0. The molecule has 0 aromatic carbocycles. The predicted molar refractivity (Wildman–Crippen MR) is 70.3 cm³/mol. The number of aromatic nitrogens is 2. The molecule has 0 aliphatic rings. The van der Waals surface area contributed by atoms with Crippen molar-refractivity contribution in [2.75, 3.05) is 18.5 Å². The van der Waals surface area contributed by atoms with Gasteiger partial charge in [-0.2, -0.15) is 4.98 Å². The number of hydrogen-bond donors (Lipinski definition) is 1. The van der Waals surface area contributed by atoms with Crippen LogP contribution >= 0.6 is 0 Å². The molecule has 0 aliphatic heterocycles. The average molecular weight is 237 g/mol. The molecule has 4 nitrogen and oxygen atoms in total. The van der Waals surface area contributed by atoms with Crippen molar-refractivity contribution in [3.05, 3.63) is 12.3 Å². The van der Waals surface area contributed by atoms with E-state index in [9.17, 15) is 0 Å². The standard InChI is InChI=1S/C13H23N3O/c1-6-17-11-7-8-14-12(16-11)15-9-13(4,5)10(2)3/h7-8,10H,6,9H2,1-5H3,(H,14,15,16). The summed E-state index contributed by atoms with van der Waals surface area (Å²) in [5.41, 5.74) is 0.213. The van der Waals surface area contributed by atoms with E-state index in [-0.39, 0.29) is 5.41 Å². The fourth-order valence-electron chi connectivity index (χ4n) is 1.17. The van der Waals surface area contributed by atoms with Gasteiger partial charge in [0.25, 0.3) is 0 Å². The van der Waals surface area contributed by atoms with Gasteiger partial charge >= 0.3 is 0 Å². The van der Waals surface area contributed by atoms with E-state index in [0.29, 0.717) is 24.4 Å². The van der Waals surface area contributed by atoms with Crippen molar-refractivity contribution >= 4 is 5.95 Å². The van der Waals surface area contributed by atoms with Gasteiger partial charge in [-0.1, -0.05) is 27.7 Å². The fraction of sp³-hybridized carbons (Fsp3) is 0.692. The SMILES string of the molecule is CCOc1ccnc(NCC(C)(C)C(C)C)n1. The first-order valence-electron chi connectivity index (χ1n) is 6.15. The lowest BCUT2D eigenvalue weighted by Gasteiger charge is -2.29. The molecule has 1 rings (SSSR count). The molecule has 0 fully saturated rings. The van der Waals surface area contributed by atoms with Crippen LogP contribution in [-0.4, -0.2) is 23.1 Å². The Morgan fingerprint density at radius 2 is 2.12 bits per heavy atom. The van der Waals surface area contributed by atoms with Crippen LogP contribution in [0.2, 0.25) is 0 Å². The maximum absolute atomic E-state index is 5.33. The van der Waals surface area contributed by atoms with E-state index in [1.807, 2.05) is 6.92 Å². The molecular weight excluding hydrogens is 214 g/mol. The van der Waals surface area contributed by atoms with E-state index in [2.05, 4.69) is 43.0 Å². The second kappa shape index (κ2) is 5.84. The zero-order valence-corrected chi connectivity index (χ0v) is 11.4. The third-order valence-electron chi connectivity index (χ3n) is 3.19. The summed E-state index contributed by atoms with van der Waals surface area (Å²) in [4.78, 5) is 8.46. The van der Waals surface area contributed by atoms with Gasteiger partial charge in [0.2, 0.25) is 11.8 Å². The zero-order chi connectivity index (χ0) is 12.9. The Morgan fingerprint density at radius 1 is 1.41 bits per heavy atom. The summed E-state index contributed by atoms with van der Waals surface area (Å²) in [6, 6.07) is 1.77. The Balaban J connectivity index is 2.60. The number of rotatable bonds is 6. The Labute approximate surface area is 104 Å². The highest BCUT2D eigenvalue weighted by atomic mass is 16.5. The molecule has 17 heavy (non-hydrogen) atoms. The highest BCUT2D eigenvalue weighted by molar-refractivity contribution is 5.27. The maximum Gasteiger partial charge on any atom is 0.225 e. The fourth-order valence-corrected chi connectivity index (χ4v) is 1.17. The van der Waals surface area contributed by atoms with Crippen molar-refractivity contribution in [2.24, 2.45) is 11.3 Å². The quantitative estimate of drug-likeness (QED) is 0.826. The molecule has 0 spiro atoms. The van der Waals surface area contributed by atoms with Crippen LogP contribution in [0.4, 0.5) is 5.95 Å². The largest absolute Gasteiger partial charge is 0.478 e. The Hall–Kier alpha value is -1.32. The van der Waals surface area contributed by atoms with E-state index in [4.69, 9.17) is 4.74 Å². The summed E-state index contributed by atoms with van der Waals surface area (Å²) in [6.07, 6.45) is 1.71. The molecule has 1 N–H and O–H groups in total. The van der Waals surface area contributed by atoms with Crippen LogP contribution in [0.1, 0.15) is 34.6 Å². The molecule has 96 valence electrons. The number of ether oxygens (including phenoxy) is 1. The number of nitrogens with one attached hydrogen (secondary N) is 1. The van der Waals surface area contributed by atoms with Crippen molar-refractivity contribution in [2.45, 2.75) is 34.6 Å². The highest BCUT2D eigenvalue weighted by Gasteiger charge is 2.22. The number of anilines is 1. The molecule has 0 radical (unpaired) electrons. The molecule has 0 saturated heterocycles. The topological polar surface area (TPSA) is 47.0 Å². The van der Waals surface area contributed by atoms with E-state index in [1.165, 1.54) is 0 Å². The molecule has 0 unspecified atom stereocenters. The summed E-state index contributed by atoms with van der Waals surface area (Å²) < 4.78 is 5.33. The first-order chi connectivity index (χ1) is 7.95. The Morgan fingerprint density at radius 3 is 2.71 bits per heavy atom. The van der Waals surface area contributed by atoms with E-state index >= 15 is 0 Å². The van der Waals surface area contributed by atoms with Gasteiger partial charge in [0.15, 0.2) is 0 Å². The first-order valence-corrected chi connectivity index (χ1v) is 6.15. The second-order valence-corrected chi connectivity index (χ2v) is 5.15. The molecular formula is C13H23N3O. The minimum Gasteiger partial charge on any atom is -0.478 e. The van der Waals surface area contributed by atoms with Crippen LogP contribution in [0, 0.1) is 11.3 Å². The smallest absolute Gasteiger partial charge is 0.225 e. The van der Waals surface area contributed by atoms with Gasteiger partial charge in [-0.05, 0) is 18.3 Å². The van der Waals surface area contributed by atoms with Crippen molar-refractivity contribution in [1.82, 2.24) is 9.97 Å². The van der Waals surface area contributed by atoms with Gasteiger partial charge in [-0.25, -0.2) is 4.98 Å². The number of nitrogens with zero attached hydrogens (tertiary/aromatic N) is 2. The average Bonchev–Trinajstić information content (AvgIpc) is 2.27. The van der Waals surface area contributed by atoms with Crippen molar-refractivity contribution < 1.29 is 4.74 Å². The van der Waals surface area contributed by atoms with Gasteiger partial charge in [-0.15, -0.1) is 0 Å². The Bertz CT molecular complexity index is 350. The lowest BCUT2D eigenvalue weighted by Crippen LogP contribution is -2.29. The van der Waals surface area contributed by atoms with Crippen molar-refractivity contribution in [1.29, 1.82) is 0 Å². The van der Waals surface area contributed by atoms with Crippen molar-refractivity contribution in [3.8, 4) is 5.88 Å². The molecule has 0 aliphatic carbocycles.